The van der Waals surface area contributed by atoms with Crippen molar-refractivity contribution in [3.63, 3.8) is 0 Å². The molecule has 0 bridgehead atoms. The highest BCUT2D eigenvalue weighted by atomic mass is 19.1. The Kier molecular flexibility index (Phi) is 5.03. The standard InChI is InChI=1S/C18H16FN3O3/c1-2-24-18(23)17-16(20-22-21-17)14-8-3-4-9-15(14)25-11-12-6-5-7-13(19)10-12/h3-10H,2,11H2,1H3,(H,20,21,22). The van der Waals surface area contributed by atoms with Gasteiger partial charge in [0.2, 0.25) is 0 Å². The number of nitrogens with zero attached hydrogens (tertiary/aromatic N) is 2. The van der Waals surface area contributed by atoms with E-state index < -0.39 is 5.97 Å². The largest absolute Gasteiger partial charge is 0.488 e. The van der Waals surface area contributed by atoms with Crippen LogP contribution in [0.25, 0.3) is 11.3 Å². The van der Waals surface area contributed by atoms with Gasteiger partial charge in [-0.2, -0.15) is 10.3 Å². The lowest BCUT2D eigenvalue weighted by Crippen LogP contribution is -2.07. The minimum absolute atomic E-state index is 0.0867. The predicted octanol–water partition coefficient (Wildman–Crippen LogP) is 3.37. The van der Waals surface area contributed by atoms with Gasteiger partial charge in [-0.05, 0) is 36.8 Å². The molecule has 0 atom stereocenters. The van der Waals surface area contributed by atoms with E-state index in [-0.39, 0.29) is 24.7 Å². The number of halogens is 1. The van der Waals surface area contributed by atoms with Crippen LogP contribution in [-0.2, 0) is 11.3 Å². The van der Waals surface area contributed by atoms with E-state index in [2.05, 4.69) is 15.4 Å². The van der Waals surface area contributed by atoms with Crippen molar-refractivity contribution < 1.29 is 18.7 Å². The van der Waals surface area contributed by atoms with Crippen LogP contribution in [0.5, 0.6) is 5.75 Å². The second-order valence-electron chi connectivity index (χ2n) is 5.16. The minimum Gasteiger partial charge on any atom is -0.488 e. The van der Waals surface area contributed by atoms with Crippen molar-refractivity contribution in [2.75, 3.05) is 6.61 Å². The molecule has 0 radical (unpaired) electrons. The number of rotatable bonds is 6. The highest BCUT2D eigenvalue weighted by molar-refractivity contribution is 5.94. The number of hydrogen-bond acceptors (Lipinski definition) is 5. The van der Waals surface area contributed by atoms with Crippen LogP contribution in [0.3, 0.4) is 0 Å². The molecule has 1 aromatic heterocycles. The third kappa shape index (κ3) is 3.82. The van der Waals surface area contributed by atoms with Gasteiger partial charge in [0.1, 0.15) is 23.9 Å². The number of para-hydroxylation sites is 1. The number of H-pyrrole nitrogens is 1. The van der Waals surface area contributed by atoms with Crippen LogP contribution in [0, 0.1) is 5.82 Å². The van der Waals surface area contributed by atoms with Crippen molar-refractivity contribution in [1.82, 2.24) is 15.4 Å². The lowest BCUT2D eigenvalue weighted by atomic mass is 10.1. The van der Waals surface area contributed by atoms with Crippen LogP contribution in [-0.4, -0.2) is 28.0 Å². The highest BCUT2D eigenvalue weighted by Gasteiger charge is 2.21. The summed E-state index contributed by atoms with van der Waals surface area (Å²) in [6.07, 6.45) is 0. The van der Waals surface area contributed by atoms with Gasteiger partial charge in [0.15, 0.2) is 5.69 Å². The molecule has 25 heavy (non-hydrogen) atoms. The molecular formula is C18H16FN3O3. The molecule has 0 aliphatic heterocycles. The fraction of sp³-hybridized carbons (Fsp3) is 0.167. The Balaban J connectivity index is 1.87. The molecular weight excluding hydrogens is 325 g/mol. The number of hydrogen-bond donors (Lipinski definition) is 1. The fourth-order valence-corrected chi connectivity index (χ4v) is 2.34. The normalized spacial score (nSPS) is 10.5. The molecule has 0 fully saturated rings. The fourth-order valence-electron chi connectivity index (χ4n) is 2.34. The molecule has 0 aliphatic carbocycles. The molecule has 0 saturated heterocycles. The zero-order valence-corrected chi connectivity index (χ0v) is 13.5. The van der Waals surface area contributed by atoms with Crippen molar-refractivity contribution in [3.8, 4) is 17.0 Å². The Morgan fingerprint density at radius 1 is 1.16 bits per heavy atom. The maximum absolute atomic E-state index is 13.3. The Morgan fingerprint density at radius 3 is 2.80 bits per heavy atom. The Bertz CT molecular complexity index is 879. The number of benzene rings is 2. The molecule has 3 aromatic rings. The highest BCUT2D eigenvalue weighted by Crippen LogP contribution is 2.30. The average Bonchev–Trinajstić information content (AvgIpc) is 3.10. The number of carbonyl (C=O) groups is 1. The van der Waals surface area contributed by atoms with E-state index in [1.807, 2.05) is 0 Å². The molecule has 2 aromatic carbocycles. The van der Waals surface area contributed by atoms with Gasteiger partial charge < -0.3 is 9.47 Å². The van der Waals surface area contributed by atoms with Gasteiger partial charge >= 0.3 is 5.97 Å². The number of carbonyl (C=O) groups excluding carboxylic acids is 1. The molecule has 6 nitrogen and oxygen atoms in total. The first-order valence-electron chi connectivity index (χ1n) is 7.73. The maximum Gasteiger partial charge on any atom is 0.361 e. The number of aromatic nitrogens is 3. The molecule has 0 aliphatic rings. The lowest BCUT2D eigenvalue weighted by Gasteiger charge is -2.11. The zero-order chi connectivity index (χ0) is 17.6. The van der Waals surface area contributed by atoms with Crippen LogP contribution in [0.2, 0.25) is 0 Å². The Labute approximate surface area is 143 Å². The van der Waals surface area contributed by atoms with Gasteiger partial charge in [0.25, 0.3) is 0 Å². The number of ether oxygens (including phenoxy) is 2. The second-order valence-corrected chi connectivity index (χ2v) is 5.16. The molecule has 0 spiro atoms. The maximum atomic E-state index is 13.3. The lowest BCUT2D eigenvalue weighted by molar-refractivity contribution is 0.0520. The number of esters is 1. The van der Waals surface area contributed by atoms with E-state index in [0.29, 0.717) is 22.6 Å². The zero-order valence-electron chi connectivity index (χ0n) is 13.5. The monoisotopic (exact) mass is 341 g/mol. The second kappa shape index (κ2) is 7.57. The molecule has 0 unspecified atom stereocenters. The average molecular weight is 341 g/mol. The SMILES string of the molecule is CCOC(=O)c1n[nH]nc1-c1ccccc1OCc1cccc(F)c1. The van der Waals surface area contributed by atoms with E-state index >= 15 is 0 Å². The van der Waals surface area contributed by atoms with E-state index in [4.69, 9.17) is 9.47 Å². The van der Waals surface area contributed by atoms with E-state index in [1.165, 1.54) is 12.1 Å². The van der Waals surface area contributed by atoms with E-state index in [0.717, 1.165) is 0 Å². The minimum atomic E-state index is -0.564. The summed E-state index contributed by atoms with van der Waals surface area (Å²) in [6.45, 7) is 2.14. The summed E-state index contributed by atoms with van der Waals surface area (Å²) in [7, 11) is 0. The van der Waals surface area contributed by atoms with Crippen LogP contribution in [0.15, 0.2) is 48.5 Å². The quantitative estimate of drug-likeness (QED) is 0.696. The summed E-state index contributed by atoms with van der Waals surface area (Å²) in [4.78, 5) is 12.0. The first-order chi connectivity index (χ1) is 12.2. The molecule has 128 valence electrons. The Hall–Kier alpha value is -3.22. The topological polar surface area (TPSA) is 77.1 Å². The van der Waals surface area contributed by atoms with Crippen molar-refractivity contribution in [2.45, 2.75) is 13.5 Å². The molecule has 0 saturated carbocycles. The van der Waals surface area contributed by atoms with Crippen molar-refractivity contribution in [3.05, 3.63) is 65.6 Å². The van der Waals surface area contributed by atoms with Crippen molar-refractivity contribution >= 4 is 5.97 Å². The van der Waals surface area contributed by atoms with Gasteiger partial charge in [0.05, 0.1) is 6.61 Å². The third-order valence-electron chi connectivity index (χ3n) is 3.44. The van der Waals surface area contributed by atoms with Crippen LogP contribution >= 0.6 is 0 Å². The Morgan fingerprint density at radius 2 is 2.00 bits per heavy atom. The molecule has 1 heterocycles. The van der Waals surface area contributed by atoms with Gasteiger partial charge in [-0.3, -0.25) is 0 Å². The van der Waals surface area contributed by atoms with Gasteiger partial charge in [-0.15, -0.1) is 5.10 Å². The number of nitrogens with one attached hydrogen (secondary N) is 1. The summed E-state index contributed by atoms with van der Waals surface area (Å²) in [5, 5.41) is 10.3. The number of aromatic amines is 1. The van der Waals surface area contributed by atoms with Crippen LogP contribution in [0.1, 0.15) is 23.0 Å². The summed E-state index contributed by atoms with van der Waals surface area (Å²) >= 11 is 0. The van der Waals surface area contributed by atoms with E-state index in [9.17, 15) is 9.18 Å². The van der Waals surface area contributed by atoms with Crippen LogP contribution < -0.4 is 4.74 Å². The molecule has 0 amide bonds. The van der Waals surface area contributed by atoms with Gasteiger partial charge in [0, 0.05) is 5.56 Å². The van der Waals surface area contributed by atoms with Gasteiger partial charge in [-0.1, -0.05) is 24.3 Å². The summed E-state index contributed by atoms with van der Waals surface area (Å²) < 4.78 is 24.1. The third-order valence-corrected chi connectivity index (χ3v) is 3.44. The smallest absolute Gasteiger partial charge is 0.361 e. The molecule has 1 N–H and O–H groups in total. The first-order valence-corrected chi connectivity index (χ1v) is 7.73. The van der Waals surface area contributed by atoms with Crippen molar-refractivity contribution in [2.24, 2.45) is 0 Å². The summed E-state index contributed by atoms with van der Waals surface area (Å²) in [6, 6.07) is 13.3. The molecule has 7 heteroatoms. The molecule has 3 rings (SSSR count). The van der Waals surface area contributed by atoms with E-state index in [1.54, 1.807) is 43.3 Å². The van der Waals surface area contributed by atoms with Crippen LogP contribution in [0.4, 0.5) is 4.39 Å². The first kappa shape index (κ1) is 16.6. The summed E-state index contributed by atoms with van der Waals surface area (Å²) in [5.41, 5.74) is 1.72. The van der Waals surface area contributed by atoms with Crippen molar-refractivity contribution in [1.29, 1.82) is 0 Å². The predicted molar refractivity (Wildman–Crippen MR) is 88.5 cm³/mol. The summed E-state index contributed by atoms with van der Waals surface area (Å²) in [5.74, 6) is -0.382. The van der Waals surface area contributed by atoms with Gasteiger partial charge in [-0.25, -0.2) is 9.18 Å².